The summed E-state index contributed by atoms with van der Waals surface area (Å²) in [5, 5.41) is 3.28. The third-order valence-electron chi connectivity index (χ3n) is 3.46. The minimum absolute atomic E-state index is 0.145. The van der Waals surface area contributed by atoms with E-state index >= 15 is 0 Å². The van der Waals surface area contributed by atoms with Crippen LogP contribution >= 0.6 is 0 Å². The van der Waals surface area contributed by atoms with Crippen LogP contribution in [0.15, 0.2) is 30.6 Å². The van der Waals surface area contributed by atoms with Crippen molar-refractivity contribution in [2.75, 3.05) is 7.05 Å². The zero-order valence-corrected chi connectivity index (χ0v) is 11.7. The van der Waals surface area contributed by atoms with E-state index in [1.807, 2.05) is 31.6 Å². The normalized spacial score (nSPS) is 12.6. The standard InChI is InChI=1S/C15H20FN3/c1-4-19-8-7-18-15(19)10-14(17-3)12-5-6-13(16)11(2)9-12/h5-9,14,17H,4,10H2,1-3H3. The number of nitrogens with zero attached hydrogens (tertiary/aromatic N) is 2. The Morgan fingerprint density at radius 3 is 2.84 bits per heavy atom. The van der Waals surface area contributed by atoms with Crippen molar-refractivity contribution in [3.63, 3.8) is 0 Å². The summed E-state index contributed by atoms with van der Waals surface area (Å²) >= 11 is 0. The fraction of sp³-hybridized carbons (Fsp3) is 0.400. The first-order chi connectivity index (χ1) is 9.15. The number of nitrogens with one attached hydrogen (secondary N) is 1. The zero-order valence-electron chi connectivity index (χ0n) is 11.7. The van der Waals surface area contributed by atoms with E-state index in [2.05, 4.69) is 21.8 Å². The predicted molar refractivity (Wildman–Crippen MR) is 74.5 cm³/mol. The maximum Gasteiger partial charge on any atom is 0.126 e. The molecule has 102 valence electrons. The van der Waals surface area contributed by atoms with E-state index in [4.69, 9.17) is 0 Å². The van der Waals surface area contributed by atoms with E-state index in [1.54, 1.807) is 6.92 Å². The van der Waals surface area contributed by atoms with Crippen molar-refractivity contribution in [1.82, 2.24) is 14.9 Å². The molecule has 0 saturated heterocycles. The van der Waals surface area contributed by atoms with Crippen LogP contribution in [0.1, 0.15) is 29.9 Å². The number of aromatic nitrogens is 2. The lowest BCUT2D eigenvalue weighted by Gasteiger charge is -2.17. The third kappa shape index (κ3) is 3.01. The number of benzene rings is 1. The van der Waals surface area contributed by atoms with Gasteiger partial charge in [-0.05, 0) is 38.1 Å². The number of imidazole rings is 1. The number of hydrogen-bond acceptors (Lipinski definition) is 2. The Hall–Kier alpha value is -1.68. The third-order valence-corrected chi connectivity index (χ3v) is 3.46. The molecule has 1 aromatic carbocycles. The predicted octanol–water partition coefficient (Wildman–Crippen LogP) is 2.85. The molecule has 0 aliphatic carbocycles. The molecule has 0 aliphatic heterocycles. The topological polar surface area (TPSA) is 29.9 Å². The molecule has 1 heterocycles. The first-order valence-electron chi connectivity index (χ1n) is 6.59. The molecule has 0 radical (unpaired) electrons. The summed E-state index contributed by atoms with van der Waals surface area (Å²) in [6.07, 6.45) is 4.60. The van der Waals surface area contributed by atoms with Gasteiger partial charge in [0, 0.05) is 31.4 Å². The van der Waals surface area contributed by atoms with Crippen molar-refractivity contribution in [3.05, 3.63) is 53.4 Å². The smallest absolute Gasteiger partial charge is 0.126 e. The van der Waals surface area contributed by atoms with E-state index < -0.39 is 0 Å². The summed E-state index contributed by atoms with van der Waals surface area (Å²) in [4.78, 5) is 4.39. The Balaban J connectivity index is 2.22. The number of aryl methyl sites for hydroxylation is 2. The number of likely N-dealkylation sites (N-methyl/N-ethyl adjacent to an activating group) is 1. The summed E-state index contributed by atoms with van der Waals surface area (Å²) in [5.41, 5.74) is 1.77. The zero-order chi connectivity index (χ0) is 13.8. The van der Waals surface area contributed by atoms with Gasteiger partial charge < -0.3 is 9.88 Å². The molecule has 0 fully saturated rings. The Morgan fingerprint density at radius 1 is 1.42 bits per heavy atom. The van der Waals surface area contributed by atoms with Crippen molar-refractivity contribution in [2.24, 2.45) is 0 Å². The molecule has 1 unspecified atom stereocenters. The molecular formula is C15H20FN3. The van der Waals surface area contributed by atoms with Crippen LogP contribution in [0.2, 0.25) is 0 Å². The van der Waals surface area contributed by atoms with Crippen LogP contribution in [0.25, 0.3) is 0 Å². The van der Waals surface area contributed by atoms with Crippen LogP contribution < -0.4 is 5.32 Å². The molecule has 2 aromatic rings. The SMILES string of the molecule is CCn1ccnc1CC(NC)c1ccc(F)c(C)c1. The molecule has 1 aromatic heterocycles. The molecule has 0 spiro atoms. The van der Waals surface area contributed by atoms with Crippen molar-refractivity contribution >= 4 is 0 Å². The summed E-state index contributed by atoms with van der Waals surface area (Å²) < 4.78 is 15.5. The molecule has 1 N–H and O–H groups in total. The van der Waals surface area contributed by atoms with Crippen LogP contribution in [-0.2, 0) is 13.0 Å². The Labute approximate surface area is 113 Å². The molecule has 3 nitrogen and oxygen atoms in total. The van der Waals surface area contributed by atoms with Crippen molar-refractivity contribution in [3.8, 4) is 0 Å². The second-order valence-corrected chi connectivity index (χ2v) is 4.68. The van der Waals surface area contributed by atoms with E-state index in [9.17, 15) is 4.39 Å². The van der Waals surface area contributed by atoms with Crippen molar-refractivity contribution in [1.29, 1.82) is 0 Å². The lowest BCUT2D eigenvalue weighted by molar-refractivity contribution is 0.549. The number of halogens is 1. The van der Waals surface area contributed by atoms with Gasteiger partial charge in [-0.3, -0.25) is 0 Å². The Morgan fingerprint density at radius 2 is 2.21 bits per heavy atom. The maximum atomic E-state index is 13.3. The van der Waals surface area contributed by atoms with Gasteiger partial charge in [-0.2, -0.15) is 0 Å². The minimum Gasteiger partial charge on any atom is -0.335 e. The highest BCUT2D eigenvalue weighted by Gasteiger charge is 2.14. The first kappa shape index (κ1) is 13.7. The monoisotopic (exact) mass is 261 g/mol. The van der Waals surface area contributed by atoms with Gasteiger partial charge in [0.2, 0.25) is 0 Å². The summed E-state index contributed by atoms with van der Waals surface area (Å²) in [6, 6.07) is 5.41. The molecule has 0 amide bonds. The molecule has 0 saturated carbocycles. The molecule has 0 aliphatic rings. The van der Waals surface area contributed by atoms with Gasteiger partial charge in [0.15, 0.2) is 0 Å². The van der Waals surface area contributed by atoms with Crippen LogP contribution in [0.5, 0.6) is 0 Å². The van der Waals surface area contributed by atoms with Gasteiger partial charge in [-0.25, -0.2) is 9.37 Å². The highest BCUT2D eigenvalue weighted by atomic mass is 19.1. The largest absolute Gasteiger partial charge is 0.335 e. The van der Waals surface area contributed by atoms with E-state index in [1.165, 1.54) is 6.07 Å². The lowest BCUT2D eigenvalue weighted by Crippen LogP contribution is -2.21. The average molecular weight is 261 g/mol. The molecule has 19 heavy (non-hydrogen) atoms. The minimum atomic E-state index is -0.159. The summed E-state index contributed by atoms with van der Waals surface area (Å²) in [6.45, 7) is 4.80. The second-order valence-electron chi connectivity index (χ2n) is 4.68. The molecule has 4 heteroatoms. The van der Waals surface area contributed by atoms with Gasteiger partial charge >= 0.3 is 0 Å². The highest BCUT2D eigenvalue weighted by molar-refractivity contribution is 5.27. The first-order valence-corrected chi connectivity index (χ1v) is 6.59. The molecular weight excluding hydrogens is 241 g/mol. The van der Waals surface area contributed by atoms with Crippen LogP contribution in [0, 0.1) is 12.7 Å². The van der Waals surface area contributed by atoms with Gasteiger partial charge in [-0.1, -0.05) is 12.1 Å². The van der Waals surface area contributed by atoms with E-state index in [-0.39, 0.29) is 11.9 Å². The number of hydrogen-bond donors (Lipinski definition) is 1. The fourth-order valence-corrected chi connectivity index (χ4v) is 2.27. The Kier molecular flexibility index (Phi) is 4.32. The van der Waals surface area contributed by atoms with Crippen molar-refractivity contribution in [2.45, 2.75) is 32.9 Å². The van der Waals surface area contributed by atoms with Gasteiger partial charge in [-0.15, -0.1) is 0 Å². The van der Waals surface area contributed by atoms with Crippen LogP contribution in [0.3, 0.4) is 0 Å². The average Bonchev–Trinajstić information content (AvgIpc) is 2.86. The second kappa shape index (κ2) is 5.97. The van der Waals surface area contributed by atoms with Gasteiger partial charge in [0.05, 0.1) is 0 Å². The lowest BCUT2D eigenvalue weighted by atomic mass is 10.0. The van der Waals surface area contributed by atoms with Crippen LogP contribution in [0.4, 0.5) is 4.39 Å². The van der Waals surface area contributed by atoms with Gasteiger partial charge in [0.1, 0.15) is 11.6 Å². The fourth-order valence-electron chi connectivity index (χ4n) is 2.27. The van der Waals surface area contributed by atoms with Gasteiger partial charge in [0.25, 0.3) is 0 Å². The molecule has 2 rings (SSSR count). The van der Waals surface area contributed by atoms with E-state index in [0.717, 1.165) is 24.4 Å². The highest BCUT2D eigenvalue weighted by Crippen LogP contribution is 2.20. The maximum absolute atomic E-state index is 13.3. The van der Waals surface area contributed by atoms with E-state index in [0.29, 0.717) is 5.56 Å². The molecule has 1 atom stereocenters. The quantitative estimate of drug-likeness (QED) is 0.897. The summed E-state index contributed by atoms with van der Waals surface area (Å²) in [7, 11) is 1.92. The molecule has 0 bridgehead atoms. The van der Waals surface area contributed by atoms with Crippen molar-refractivity contribution < 1.29 is 4.39 Å². The van der Waals surface area contributed by atoms with Crippen LogP contribution in [-0.4, -0.2) is 16.6 Å². The summed E-state index contributed by atoms with van der Waals surface area (Å²) in [5.74, 6) is 0.887. The Bertz CT molecular complexity index is 548. The number of rotatable bonds is 5.